The lowest BCUT2D eigenvalue weighted by molar-refractivity contribution is 0.0780. The van der Waals surface area contributed by atoms with Crippen molar-refractivity contribution in [3.63, 3.8) is 0 Å². The fourth-order valence-corrected chi connectivity index (χ4v) is 2.73. The summed E-state index contributed by atoms with van der Waals surface area (Å²) in [6.07, 6.45) is 0. The maximum atomic E-state index is 13.7. The van der Waals surface area contributed by atoms with E-state index in [1.807, 2.05) is 0 Å². The van der Waals surface area contributed by atoms with E-state index in [4.69, 9.17) is 9.88 Å². The third-order valence-corrected chi connectivity index (χ3v) is 4.35. The molecule has 0 heterocycles. The van der Waals surface area contributed by atoms with Crippen LogP contribution in [0.4, 0.5) is 4.39 Å². The van der Waals surface area contributed by atoms with E-state index in [9.17, 15) is 17.6 Å². The van der Waals surface area contributed by atoms with Crippen LogP contribution in [0.15, 0.2) is 47.4 Å². The third-order valence-electron chi connectivity index (χ3n) is 3.44. The minimum Gasteiger partial charge on any atom is -0.496 e. The molecule has 0 spiro atoms. The minimum atomic E-state index is -3.96. The molecule has 2 N–H and O–H groups in total. The monoisotopic (exact) mass is 352 g/mol. The Morgan fingerprint density at radius 3 is 2.50 bits per heavy atom. The predicted octanol–water partition coefficient (Wildman–Crippen LogP) is 1.75. The van der Waals surface area contributed by atoms with Gasteiger partial charge in [0.1, 0.15) is 11.6 Å². The van der Waals surface area contributed by atoms with Crippen LogP contribution in [0.5, 0.6) is 5.75 Å². The fourth-order valence-electron chi connectivity index (χ4n) is 2.19. The van der Waals surface area contributed by atoms with Crippen LogP contribution >= 0.6 is 0 Å². The molecule has 24 heavy (non-hydrogen) atoms. The topological polar surface area (TPSA) is 89.7 Å². The molecule has 8 heteroatoms. The van der Waals surface area contributed by atoms with Gasteiger partial charge < -0.3 is 9.64 Å². The van der Waals surface area contributed by atoms with Gasteiger partial charge in [0.15, 0.2) is 0 Å². The van der Waals surface area contributed by atoms with Crippen molar-refractivity contribution in [3.8, 4) is 5.75 Å². The standard InChI is InChI=1S/C16H17FN2O4S/c1-19(10-11-5-3-4-6-14(11)17)16(20)13-9-12(24(18,21)22)7-8-15(13)23-2/h3-9H,10H2,1-2H3,(H2,18,21,22). The number of sulfonamides is 1. The van der Waals surface area contributed by atoms with Crippen molar-refractivity contribution in [1.29, 1.82) is 0 Å². The van der Waals surface area contributed by atoms with Crippen LogP contribution in [0.25, 0.3) is 0 Å². The van der Waals surface area contributed by atoms with Crippen LogP contribution in [-0.2, 0) is 16.6 Å². The van der Waals surface area contributed by atoms with Crippen LogP contribution in [0, 0.1) is 5.82 Å². The molecule has 0 radical (unpaired) electrons. The first kappa shape index (κ1) is 17.9. The van der Waals surface area contributed by atoms with Crippen molar-refractivity contribution in [1.82, 2.24) is 4.90 Å². The Hall–Kier alpha value is -2.45. The van der Waals surface area contributed by atoms with Crippen LogP contribution in [0.3, 0.4) is 0 Å². The number of methoxy groups -OCH3 is 1. The highest BCUT2D eigenvalue weighted by molar-refractivity contribution is 7.89. The highest BCUT2D eigenvalue weighted by Crippen LogP contribution is 2.24. The molecule has 0 bridgehead atoms. The molecule has 128 valence electrons. The number of hydrogen-bond acceptors (Lipinski definition) is 4. The first-order chi connectivity index (χ1) is 11.2. The highest BCUT2D eigenvalue weighted by atomic mass is 32.2. The summed E-state index contributed by atoms with van der Waals surface area (Å²) >= 11 is 0. The molecule has 2 rings (SSSR count). The van der Waals surface area contributed by atoms with Gasteiger partial charge in [-0.15, -0.1) is 0 Å². The molecule has 0 atom stereocenters. The molecular weight excluding hydrogens is 335 g/mol. The van der Waals surface area contributed by atoms with Crippen LogP contribution in [0.1, 0.15) is 15.9 Å². The smallest absolute Gasteiger partial charge is 0.257 e. The van der Waals surface area contributed by atoms with Crippen LogP contribution < -0.4 is 9.88 Å². The maximum Gasteiger partial charge on any atom is 0.257 e. The zero-order valence-corrected chi connectivity index (χ0v) is 14.0. The van der Waals surface area contributed by atoms with Gasteiger partial charge in [0.25, 0.3) is 5.91 Å². The van der Waals surface area contributed by atoms with Crippen molar-refractivity contribution in [3.05, 3.63) is 59.4 Å². The van der Waals surface area contributed by atoms with Crippen molar-refractivity contribution >= 4 is 15.9 Å². The number of halogens is 1. The molecule has 1 amide bonds. The molecule has 0 unspecified atom stereocenters. The van der Waals surface area contributed by atoms with E-state index in [2.05, 4.69) is 0 Å². The number of ether oxygens (including phenoxy) is 1. The van der Waals surface area contributed by atoms with Crippen molar-refractivity contribution in [2.45, 2.75) is 11.4 Å². The lowest BCUT2D eigenvalue weighted by Gasteiger charge is -2.19. The van der Waals surface area contributed by atoms with E-state index in [-0.39, 0.29) is 22.8 Å². The van der Waals surface area contributed by atoms with E-state index in [0.717, 1.165) is 6.07 Å². The van der Waals surface area contributed by atoms with E-state index in [1.54, 1.807) is 18.2 Å². The molecule has 2 aromatic carbocycles. The van der Waals surface area contributed by atoms with Gasteiger partial charge in [-0.1, -0.05) is 18.2 Å². The Bertz CT molecular complexity index is 868. The number of rotatable bonds is 5. The fraction of sp³-hybridized carbons (Fsp3) is 0.188. The van der Waals surface area contributed by atoms with Gasteiger partial charge in [0.05, 0.1) is 17.6 Å². The summed E-state index contributed by atoms with van der Waals surface area (Å²) in [4.78, 5) is 13.7. The normalized spacial score (nSPS) is 11.2. The number of nitrogens with two attached hydrogens (primary N) is 1. The van der Waals surface area contributed by atoms with Crippen molar-refractivity contribution in [2.75, 3.05) is 14.2 Å². The zero-order chi connectivity index (χ0) is 17.9. The molecule has 2 aromatic rings. The van der Waals surface area contributed by atoms with Crippen LogP contribution in [-0.4, -0.2) is 33.4 Å². The van der Waals surface area contributed by atoms with Gasteiger partial charge in [-0.05, 0) is 24.3 Å². The Morgan fingerprint density at radius 1 is 1.25 bits per heavy atom. The maximum absolute atomic E-state index is 13.7. The Labute approximate surface area is 139 Å². The number of primary sulfonamides is 1. The third kappa shape index (κ3) is 3.90. The summed E-state index contributed by atoms with van der Waals surface area (Å²) in [5.41, 5.74) is 0.373. The van der Waals surface area contributed by atoms with E-state index >= 15 is 0 Å². The molecule has 0 aliphatic rings. The summed E-state index contributed by atoms with van der Waals surface area (Å²) in [5, 5.41) is 5.09. The largest absolute Gasteiger partial charge is 0.496 e. The first-order valence-corrected chi connectivity index (χ1v) is 8.48. The molecule has 0 aliphatic heterocycles. The average molecular weight is 352 g/mol. The SMILES string of the molecule is COc1ccc(S(N)(=O)=O)cc1C(=O)N(C)Cc1ccccc1F. The molecule has 0 saturated heterocycles. The average Bonchev–Trinajstić information content (AvgIpc) is 2.54. The number of hydrogen-bond donors (Lipinski definition) is 1. The quantitative estimate of drug-likeness (QED) is 0.888. The van der Waals surface area contributed by atoms with Gasteiger partial charge in [-0.2, -0.15) is 0 Å². The summed E-state index contributed by atoms with van der Waals surface area (Å²) in [7, 11) is -1.12. The second kappa shape index (κ2) is 6.98. The van der Waals surface area contributed by atoms with Gasteiger partial charge in [0.2, 0.25) is 10.0 Å². The van der Waals surface area contributed by atoms with Crippen LogP contribution in [0.2, 0.25) is 0 Å². The summed E-state index contributed by atoms with van der Waals surface area (Å²) in [6.45, 7) is 0.0221. The Morgan fingerprint density at radius 2 is 1.92 bits per heavy atom. The molecule has 0 saturated carbocycles. The van der Waals surface area contributed by atoms with Gasteiger partial charge in [0, 0.05) is 19.2 Å². The minimum absolute atomic E-state index is 0.0221. The summed E-state index contributed by atoms with van der Waals surface area (Å²) in [5.74, 6) is -0.740. The van der Waals surface area contributed by atoms with Gasteiger partial charge in [-0.3, -0.25) is 4.79 Å². The van der Waals surface area contributed by atoms with Gasteiger partial charge >= 0.3 is 0 Å². The molecule has 0 aliphatic carbocycles. The van der Waals surface area contributed by atoms with E-state index in [0.29, 0.717) is 5.56 Å². The molecule has 0 fully saturated rings. The number of carbonyl (C=O) groups excluding carboxylic acids is 1. The molecule has 0 aromatic heterocycles. The van der Waals surface area contributed by atoms with E-state index < -0.39 is 21.7 Å². The lowest BCUT2D eigenvalue weighted by atomic mass is 10.1. The second-order valence-electron chi connectivity index (χ2n) is 5.16. The Kier molecular flexibility index (Phi) is 5.20. The Balaban J connectivity index is 2.36. The number of benzene rings is 2. The number of nitrogens with zero attached hydrogens (tertiary/aromatic N) is 1. The van der Waals surface area contributed by atoms with Gasteiger partial charge in [-0.25, -0.2) is 17.9 Å². The predicted molar refractivity (Wildman–Crippen MR) is 86.6 cm³/mol. The van der Waals surface area contributed by atoms with Crippen molar-refractivity contribution < 1.29 is 22.3 Å². The van der Waals surface area contributed by atoms with Crippen molar-refractivity contribution in [2.24, 2.45) is 5.14 Å². The van der Waals surface area contributed by atoms with E-state index in [1.165, 1.54) is 37.3 Å². The molecule has 6 nitrogen and oxygen atoms in total. The number of amides is 1. The first-order valence-electron chi connectivity index (χ1n) is 6.93. The lowest BCUT2D eigenvalue weighted by Crippen LogP contribution is -2.27. The zero-order valence-electron chi connectivity index (χ0n) is 13.2. The highest BCUT2D eigenvalue weighted by Gasteiger charge is 2.21. The second-order valence-corrected chi connectivity index (χ2v) is 6.72. The summed E-state index contributed by atoms with van der Waals surface area (Å²) < 4.78 is 41.8. The number of carbonyl (C=O) groups is 1. The molecular formula is C16H17FN2O4S. The summed E-state index contributed by atoms with van der Waals surface area (Å²) in [6, 6.07) is 9.84.